The lowest BCUT2D eigenvalue weighted by Crippen LogP contribution is -2.40. The summed E-state index contributed by atoms with van der Waals surface area (Å²) in [5.41, 5.74) is 1.16. The van der Waals surface area contributed by atoms with Crippen molar-refractivity contribution >= 4 is 0 Å². The summed E-state index contributed by atoms with van der Waals surface area (Å²) in [6.07, 6.45) is 3.05. The molecule has 0 amide bonds. The van der Waals surface area contributed by atoms with Gasteiger partial charge in [-0.1, -0.05) is 57.0 Å². The minimum atomic E-state index is -0.566. The maximum absolute atomic E-state index is 10.3. The quantitative estimate of drug-likeness (QED) is 0.440. The lowest BCUT2D eigenvalue weighted by molar-refractivity contribution is -0.0127. The number of aliphatic hydroxyl groups excluding tert-OH is 2. The van der Waals surface area contributed by atoms with Gasteiger partial charge in [0.25, 0.3) is 0 Å². The van der Waals surface area contributed by atoms with Crippen LogP contribution in [0.5, 0.6) is 0 Å². The predicted octanol–water partition coefficient (Wildman–Crippen LogP) is 2.84. The number of nitrogens with zero attached hydrogens (tertiary/aromatic N) is 1. The van der Waals surface area contributed by atoms with Crippen LogP contribution in [0.1, 0.15) is 45.1 Å². The monoisotopic (exact) mass is 367 g/mol. The van der Waals surface area contributed by atoms with Crippen molar-refractivity contribution in [1.29, 1.82) is 0 Å². The van der Waals surface area contributed by atoms with Crippen molar-refractivity contribution in [1.82, 2.24) is 4.90 Å². The van der Waals surface area contributed by atoms with Gasteiger partial charge in [0, 0.05) is 32.8 Å². The molecule has 150 valence electrons. The van der Waals surface area contributed by atoms with Crippen molar-refractivity contribution in [2.24, 2.45) is 0 Å². The zero-order valence-corrected chi connectivity index (χ0v) is 16.5. The van der Waals surface area contributed by atoms with E-state index in [1.807, 2.05) is 18.2 Å². The molecule has 26 heavy (non-hydrogen) atoms. The van der Waals surface area contributed by atoms with E-state index in [2.05, 4.69) is 30.9 Å². The Morgan fingerprint density at radius 3 is 1.81 bits per heavy atom. The largest absolute Gasteiger partial charge is 0.389 e. The van der Waals surface area contributed by atoms with Crippen LogP contribution in [0, 0.1) is 0 Å². The lowest BCUT2D eigenvalue weighted by atomic mass is 10.2. The van der Waals surface area contributed by atoms with E-state index < -0.39 is 12.2 Å². The van der Waals surface area contributed by atoms with E-state index in [4.69, 9.17) is 9.47 Å². The van der Waals surface area contributed by atoms with E-state index in [-0.39, 0.29) is 0 Å². The number of ether oxygens (including phenoxy) is 2. The second-order valence-electron chi connectivity index (χ2n) is 6.84. The summed E-state index contributed by atoms with van der Waals surface area (Å²) in [6.45, 7) is 7.86. The van der Waals surface area contributed by atoms with Gasteiger partial charge in [-0.25, -0.2) is 0 Å². The van der Waals surface area contributed by atoms with Crippen molar-refractivity contribution in [3.8, 4) is 0 Å². The standard InChI is InChI=1S/C21H37NO4/c1-3-5-12-25-17-20(23)15-22(14-19-10-8-7-9-11-19)16-21(24)18-26-13-6-4-2/h7-11,20-21,23-24H,3-6,12-18H2,1-2H3. The summed E-state index contributed by atoms with van der Waals surface area (Å²) in [5.74, 6) is 0. The molecule has 2 N–H and O–H groups in total. The van der Waals surface area contributed by atoms with Crippen LogP contribution in [0.4, 0.5) is 0 Å². The minimum absolute atomic E-state index is 0.328. The summed E-state index contributed by atoms with van der Waals surface area (Å²) in [6, 6.07) is 10.1. The molecule has 1 aromatic carbocycles. The zero-order chi connectivity index (χ0) is 19.0. The van der Waals surface area contributed by atoms with Crippen molar-refractivity contribution in [3.63, 3.8) is 0 Å². The molecular weight excluding hydrogens is 330 g/mol. The number of hydrogen-bond acceptors (Lipinski definition) is 5. The second-order valence-corrected chi connectivity index (χ2v) is 6.84. The van der Waals surface area contributed by atoms with Crippen LogP contribution in [0.3, 0.4) is 0 Å². The maximum atomic E-state index is 10.3. The van der Waals surface area contributed by atoms with Gasteiger partial charge in [-0.15, -0.1) is 0 Å². The van der Waals surface area contributed by atoms with Crippen LogP contribution in [-0.2, 0) is 16.0 Å². The molecule has 0 bridgehead atoms. The van der Waals surface area contributed by atoms with Gasteiger partial charge in [0.05, 0.1) is 25.4 Å². The Bertz CT molecular complexity index is 409. The molecular formula is C21H37NO4. The third-order valence-corrected chi connectivity index (χ3v) is 4.09. The first-order chi connectivity index (χ1) is 12.7. The van der Waals surface area contributed by atoms with E-state index in [1.165, 1.54) is 0 Å². The summed E-state index contributed by atoms with van der Waals surface area (Å²) in [7, 11) is 0. The summed E-state index contributed by atoms with van der Waals surface area (Å²) < 4.78 is 11.0. The van der Waals surface area contributed by atoms with Gasteiger partial charge in [-0.3, -0.25) is 4.90 Å². The molecule has 1 aromatic rings. The van der Waals surface area contributed by atoms with Crippen LogP contribution >= 0.6 is 0 Å². The number of benzene rings is 1. The average molecular weight is 368 g/mol. The molecule has 0 spiro atoms. The molecule has 0 saturated heterocycles. The first-order valence-electron chi connectivity index (χ1n) is 9.93. The lowest BCUT2D eigenvalue weighted by Gasteiger charge is -2.27. The van der Waals surface area contributed by atoms with Crippen LogP contribution in [0.15, 0.2) is 30.3 Å². The Morgan fingerprint density at radius 2 is 1.35 bits per heavy atom. The van der Waals surface area contributed by atoms with E-state index in [1.54, 1.807) is 0 Å². The number of rotatable bonds is 16. The topological polar surface area (TPSA) is 62.2 Å². The zero-order valence-electron chi connectivity index (χ0n) is 16.5. The summed E-state index contributed by atoms with van der Waals surface area (Å²) in [5, 5.41) is 20.6. The molecule has 0 radical (unpaired) electrons. The van der Waals surface area contributed by atoms with Gasteiger partial charge in [0.2, 0.25) is 0 Å². The highest BCUT2D eigenvalue weighted by atomic mass is 16.5. The Labute approximate surface area is 158 Å². The van der Waals surface area contributed by atoms with E-state index in [9.17, 15) is 10.2 Å². The highest BCUT2D eigenvalue weighted by Gasteiger charge is 2.16. The Morgan fingerprint density at radius 1 is 0.846 bits per heavy atom. The SMILES string of the molecule is CCCCOCC(O)CN(Cc1ccccc1)CC(O)COCCCC. The fourth-order valence-corrected chi connectivity index (χ4v) is 2.68. The first kappa shape index (κ1) is 23.1. The molecule has 5 heteroatoms. The van der Waals surface area contributed by atoms with Gasteiger partial charge in [-0.2, -0.15) is 0 Å². The fourth-order valence-electron chi connectivity index (χ4n) is 2.68. The molecule has 5 nitrogen and oxygen atoms in total. The van der Waals surface area contributed by atoms with E-state index in [0.717, 1.165) is 31.2 Å². The molecule has 0 saturated carbocycles. The molecule has 0 aliphatic heterocycles. The van der Waals surface area contributed by atoms with Gasteiger partial charge in [0.15, 0.2) is 0 Å². The molecule has 0 aliphatic carbocycles. The van der Waals surface area contributed by atoms with Gasteiger partial charge < -0.3 is 19.7 Å². The summed E-state index contributed by atoms with van der Waals surface area (Å²) >= 11 is 0. The van der Waals surface area contributed by atoms with Crippen molar-refractivity contribution < 1.29 is 19.7 Å². The second kappa shape index (κ2) is 15.1. The first-order valence-corrected chi connectivity index (χ1v) is 9.93. The molecule has 2 unspecified atom stereocenters. The molecule has 1 rings (SSSR count). The van der Waals surface area contributed by atoms with Crippen molar-refractivity contribution in [2.45, 2.75) is 58.3 Å². The highest BCUT2D eigenvalue weighted by Crippen LogP contribution is 2.07. The van der Waals surface area contributed by atoms with Crippen molar-refractivity contribution in [2.75, 3.05) is 39.5 Å². The Kier molecular flexibility index (Phi) is 13.4. The highest BCUT2D eigenvalue weighted by molar-refractivity contribution is 5.14. The minimum Gasteiger partial charge on any atom is -0.389 e. The van der Waals surface area contributed by atoms with Gasteiger partial charge in [0.1, 0.15) is 0 Å². The predicted molar refractivity (Wildman–Crippen MR) is 105 cm³/mol. The number of hydrogen-bond donors (Lipinski definition) is 2. The van der Waals surface area contributed by atoms with Crippen LogP contribution in [0.2, 0.25) is 0 Å². The van der Waals surface area contributed by atoms with Gasteiger partial charge >= 0.3 is 0 Å². The van der Waals surface area contributed by atoms with Crippen LogP contribution in [-0.4, -0.2) is 66.8 Å². The third kappa shape index (κ3) is 11.6. The molecule has 0 fully saturated rings. The number of aliphatic hydroxyl groups is 2. The maximum Gasteiger partial charge on any atom is 0.0900 e. The van der Waals surface area contributed by atoms with Crippen LogP contribution < -0.4 is 0 Å². The molecule has 0 aromatic heterocycles. The molecule has 0 heterocycles. The number of unbranched alkanes of at least 4 members (excludes halogenated alkanes) is 2. The Balaban J connectivity index is 2.47. The summed E-state index contributed by atoms with van der Waals surface area (Å²) in [4.78, 5) is 2.07. The third-order valence-electron chi connectivity index (χ3n) is 4.09. The molecule has 2 atom stereocenters. The van der Waals surface area contributed by atoms with E-state index >= 15 is 0 Å². The fraction of sp³-hybridized carbons (Fsp3) is 0.714. The molecule has 0 aliphatic rings. The van der Waals surface area contributed by atoms with Crippen molar-refractivity contribution in [3.05, 3.63) is 35.9 Å². The Hall–Kier alpha value is -0.980. The normalized spacial score (nSPS) is 13.9. The smallest absolute Gasteiger partial charge is 0.0900 e. The van der Waals surface area contributed by atoms with Crippen LogP contribution in [0.25, 0.3) is 0 Å². The van der Waals surface area contributed by atoms with Gasteiger partial charge in [-0.05, 0) is 18.4 Å². The average Bonchev–Trinajstić information content (AvgIpc) is 2.63. The van der Waals surface area contributed by atoms with E-state index in [0.29, 0.717) is 46.1 Å².